The van der Waals surface area contributed by atoms with E-state index in [1.165, 1.54) is 0 Å². The van der Waals surface area contributed by atoms with Crippen molar-refractivity contribution >= 4 is 17.3 Å². The van der Waals surface area contributed by atoms with Crippen LogP contribution < -0.4 is 10.6 Å². The Morgan fingerprint density at radius 3 is 2.44 bits per heavy atom. The maximum Gasteiger partial charge on any atom is 0.416 e. The van der Waals surface area contributed by atoms with Crippen molar-refractivity contribution in [3.63, 3.8) is 0 Å². The van der Waals surface area contributed by atoms with Gasteiger partial charge in [-0.2, -0.15) is 13.2 Å². The second kappa shape index (κ2) is 8.52. The molecule has 6 nitrogen and oxygen atoms in total. The van der Waals surface area contributed by atoms with Crippen LogP contribution >= 0.6 is 0 Å². The molecular formula is C18H18F3N3O3. The molecular weight excluding hydrogens is 363 g/mol. The van der Waals surface area contributed by atoms with Crippen molar-refractivity contribution in [2.75, 3.05) is 11.9 Å². The van der Waals surface area contributed by atoms with E-state index in [1.807, 2.05) is 37.3 Å². The fourth-order valence-corrected chi connectivity index (χ4v) is 2.46. The average Bonchev–Trinajstić information content (AvgIpc) is 2.61. The number of benzene rings is 2. The minimum absolute atomic E-state index is 0.00928. The van der Waals surface area contributed by atoms with Gasteiger partial charge >= 0.3 is 6.18 Å². The Bertz CT molecular complexity index is 810. The Morgan fingerprint density at radius 1 is 1.19 bits per heavy atom. The van der Waals surface area contributed by atoms with Crippen molar-refractivity contribution < 1.29 is 22.9 Å². The van der Waals surface area contributed by atoms with E-state index in [0.29, 0.717) is 6.07 Å². The van der Waals surface area contributed by atoms with Gasteiger partial charge in [-0.15, -0.1) is 0 Å². The van der Waals surface area contributed by atoms with Crippen molar-refractivity contribution in [2.24, 2.45) is 0 Å². The highest BCUT2D eigenvalue weighted by molar-refractivity contribution is 5.77. The first-order valence-corrected chi connectivity index (χ1v) is 8.12. The number of nitrogens with zero attached hydrogens (tertiary/aromatic N) is 1. The summed E-state index contributed by atoms with van der Waals surface area (Å²) in [7, 11) is 0. The summed E-state index contributed by atoms with van der Waals surface area (Å²) in [4.78, 5) is 22.1. The Kier molecular flexibility index (Phi) is 6.38. The number of amides is 1. The molecule has 27 heavy (non-hydrogen) atoms. The van der Waals surface area contributed by atoms with Gasteiger partial charge in [0.05, 0.1) is 16.5 Å². The predicted molar refractivity (Wildman–Crippen MR) is 94.2 cm³/mol. The molecule has 9 heteroatoms. The summed E-state index contributed by atoms with van der Waals surface area (Å²) in [6.07, 6.45) is -4.66. The zero-order valence-electron chi connectivity index (χ0n) is 14.4. The Balaban J connectivity index is 1.94. The minimum atomic E-state index is -4.67. The molecule has 0 bridgehead atoms. The number of alkyl halides is 3. The molecule has 0 unspecified atom stereocenters. The van der Waals surface area contributed by atoms with Gasteiger partial charge < -0.3 is 10.6 Å². The fraction of sp³-hybridized carbons (Fsp3) is 0.278. The fourth-order valence-electron chi connectivity index (χ4n) is 2.46. The normalized spacial score (nSPS) is 12.3. The molecule has 1 atom stereocenters. The number of nitro benzene ring substituents is 1. The van der Waals surface area contributed by atoms with E-state index in [9.17, 15) is 28.1 Å². The van der Waals surface area contributed by atoms with Crippen molar-refractivity contribution in [3.8, 4) is 0 Å². The molecule has 0 radical (unpaired) electrons. The highest BCUT2D eigenvalue weighted by Crippen LogP contribution is 2.34. The number of rotatable bonds is 7. The molecule has 0 saturated heterocycles. The van der Waals surface area contributed by atoms with E-state index >= 15 is 0 Å². The van der Waals surface area contributed by atoms with E-state index in [1.54, 1.807) is 0 Å². The molecule has 0 spiro atoms. The van der Waals surface area contributed by atoms with Crippen LogP contribution in [0.4, 0.5) is 24.5 Å². The Labute approximate surface area is 153 Å². The van der Waals surface area contributed by atoms with Crippen LogP contribution in [-0.2, 0) is 11.0 Å². The summed E-state index contributed by atoms with van der Waals surface area (Å²) < 4.78 is 38.1. The topological polar surface area (TPSA) is 84.3 Å². The van der Waals surface area contributed by atoms with Gasteiger partial charge in [0.25, 0.3) is 5.69 Å². The number of halogens is 3. The molecule has 0 aliphatic rings. The maximum atomic E-state index is 12.7. The molecule has 1 amide bonds. The molecule has 0 fully saturated rings. The summed E-state index contributed by atoms with van der Waals surface area (Å²) in [6.45, 7) is 1.86. The van der Waals surface area contributed by atoms with E-state index in [4.69, 9.17) is 0 Å². The SMILES string of the molecule is C[C@@H](NC(=O)CCNc1ccc(C(F)(F)F)cc1[N+](=O)[O-])c1ccccc1. The molecule has 0 saturated carbocycles. The third-order valence-electron chi connectivity index (χ3n) is 3.87. The second-order valence-corrected chi connectivity index (χ2v) is 5.86. The van der Waals surface area contributed by atoms with Gasteiger partial charge in [0, 0.05) is 19.0 Å². The molecule has 2 rings (SSSR count). The summed E-state index contributed by atoms with van der Waals surface area (Å²) >= 11 is 0. The average molecular weight is 381 g/mol. The van der Waals surface area contributed by atoms with Gasteiger partial charge in [-0.1, -0.05) is 30.3 Å². The lowest BCUT2D eigenvalue weighted by Gasteiger charge is -2.15. The van der Waals surface area contributed by atoms with E-state index in [-0.39, 0.29) is 30.6 Å². The van der Waals surface area contributed by atoms with Gasteiger partial charge in [-0.25, -0.2) is 0 Å². The summed E-state index contributed by atoms with van der Waals surface area (Å²) in [5, 5.41) is 16.5. The van der Waals surface area contributed by atoms with Crippen molar-refractivity contribution in [3.05, 3.63) is 69.8 Å². The standard InChI is InChI=1S/C18H18F3N3O3/c1-12(13-5-3-2-4-6-13)23-17(25)9-10-22-15-8-7-14(18(19,20)21)11-16(15)24(26)27/h2-8,11-12,22H,9-10H2,1H3,(H,23,25)/t12-/m1/s1. The number of carbonyl (C=O) groups excluding carboxylic acids is 1. The zero-order valence-corrected chi connectivity index (χ0v) is 14.4. The summed E-state index contributed by atoms with van der Waals surface area (Å²) in [6, 6.07) is 11.3. The number of nitrogens with one attached hydrogen (secondary N) is 2. The van der Waals surface area contributed by atoms with E-state index in [0.717, 1.165) is 17.7 Å². The Morgan fingerprint density at radius 2 is 1.85 bits per heavy atom. The third-order valence-corrected chi connectivity index (χ3v) is 3.87. The van der Waals surface area contributed by atoms with Gasteiger partial charge in [0.1, 0.15) is 5.69 Å². The minimum Gasteiger partial charge on any atom is -0.379 e. The van der Waals surface area contributed by atoms with Crippen LogP contribution in [0.15, 0.2) is 48.5 Å². The highest BCUT2D eigenvalue weighted by atomic mass is 19.4. The number of hydrogen-bond acceptors (Lipinski definition) is 4. The largest absolute Gasteiger partial charge is 0.416 e. The van der Waals surface area contributed by atoms with Crippen LogP contribution in [0.1, 0.15) is 30.5 Å². The molecule has 0 aliphatic heterocycles. The summed E-state index contributed by atoms with van der Waals surface area (Å²) in [5.41, 5.74) is -0.939. The quantitative estimate of drug-likeness (QED) is 0.553. The number of anilines is 1. The predicted octanol–water partition coefficient (Wildman–Crippen LogP) is 4.29. The van der Waals surface area contributed by atoms with Crippen LogP contribution in [0, 0.1) is 10.1 Å². The molecule has 2 N–H and O–H groups in total. The lowest BCUT2D eigenvalue weighted by Crippen LogP contribution is -2.28. The number of nitro groups is 1. The number of hydrogen-bond donors (Lipinski definition) is 2. The van der Waals surface area contributed by atoms with Crippen LogP contribution in [0.5, 0.6) is 0 Å². The zero-order chi connectivity index (χ0) is 20.0. The highest BCUT2D eigenvalue weighted by Gasteiger charge is 2.33. The second-order valence-electron chi connectivity index (χ2n) is 5.86. The van der Waals surface area contributed by atoms with Crippen LogP contribution in [-0.4, -0.2) is 17.4 Å². The third kappa shape index (κ3) is 5.70. The summed E-state index contributed by atoms with van der Waals surface area (Å²) in [5.74, 6) is -0.284. The first-order chi connectivity index (χ1) is 12.7. The van der Waals surface area contributed by atoms with Crippen molar-refractivity contribution in [1.82, 2.24) is 5.32 Å². The van der Waals surface area contributed by atoms with E-state index < -0.39 is 22.4 Å². The van der Waals surface area contributed by atoms with Gasteiger partial charge in [0.15, 0.2) is 0 Å². The molecule has 2 aromatic carbocycles. The van der Waals surface area contributed by atoms with E-state index in [2.05, 4.69) is 10.6 Å². The maximum absolute atomic E-state index is 12.7. The van der Waals surface area contributed by atoms with Gasteiger partial charge in [-0.3, -0.25) is 14.9 Å². The molecule has 0 heterocycles. The van der Waals surface area contributed by atoms with Crippen LogP contribution in [0.3, 0.4) is 0 Å². The number of carbonyl (C=O) groups is 1. The first kappa shape index (κ1) is 20.2. The Hall–Kier alpha value is -3.10. The lowest BCUT2D eigenvalue weighted by atomic mass is 10.1. The van der Waals surface area contributed by atoms with Gasteiger partial charge in [-0.05, 0) is 24.6 Å². The molecule has 2 aromatic rings. The van der Waals surface area contributed by atoms with Gasteiger partial charge in [0.2, 0.25) is 5.91 Å². The van der Waals surface area contributed by atoms with Crippen molar-refractivity contribution in [2.45, 2.75) is 25.6 Å². The van der Waals surface area contributed by atoms with Crippen LogP contribution in [0.2, 0.25) is 0 Å². The first-order valence-electron chi connectivity index (χ1n) is 8.12. The molecule has 0 aromatic heterocycles. The molecule has 144 valence electrons. The van der Waals surface area contributed by atoms with Crippen LogP contribution in [0.25, 0.3) is 0 Å². The lowest BCUT2D eigenvalue weighted by molar-refractivity contribution is -0.384. The molecule has 0 aliphatic carbocycles. The monoisotopic (exact) mass is 381 g/mol. The van der Waals surface area contributed by atoms with Crippen molar-refractivity contribution in [1.29, 1.82) is 0 Å². The smallest absolute Gasteiger partial charge is 0.379 e.